The molecule has 2 heteroatoms. The highest BCUT2D eigenvalue weighted by Gasteiger charge is 2.25. The summed E-state index contributed by atoms with van der Waals surface area (Å²) in [5.74, 6) is -0.134. The van der Waals surface area contributed by atoms with Crippen molar-refractivity contribution < 1.29 is 9.53 Å². The first-order chi connectivity index (χ1) is 4.04. The molecule has 0 radical (unpaired) electrons. The average Bonchev–Trinajstić information content (AvgIpc) is 1.86. The van der Waals surface area contributed by atoms with Crippen molar-refractivity contribution in [2.75, 3.05) is 7.11 Å². The van der Waals surface area contributed by atoms with Crippen LogP contribution in [0.3, 0.4) is 0 Å². The van der Waals surface area contributed by atoms with Crippen LogP contribution in [0.4, 0.5) is 0 Å². The first kappa shape index (κ1) is 12.2. The number of carbonyl (C=O) groups excluding carboxylic acids is 1. The first-order valence-electron chi connectivity index (χ1n) is 3.13. The highest BCUT2D eigenvalue weighted by atomic mass is 16.5. The lowest BCUT2D eigenvalue weighted by molar-refractivity contribution is -0.150. The van der Waals surface area contributed by atoms with Crippen molar-refractivity contribution in [2.24, 2.45) is 5.41 Å². The zero-order valence-corrected chi connectivity index (χ0v) is 6.52. The summed E-state index contributed by atoms with van der Waals surface area (Å²) in [5, 5.41) is 0. The van der Waals surface area contributed by atoms with Crippen molar-refractivity contribution in [3.05, 3.63) is 0 Å². The molecule has 62 valence electrons. The third kappa shape index (κ3) is 2.85. The smallest absolute Gasteiger partial charge is 0.311 e. The molecule has 0 fully saturated rings. The van der Waals surface area contributed by atoms with Gasteiger partial charge in [-0.2, -0.15) is 0 Å². The number of methoxy groups -OCH3 is 1. The Labute approximate surface area is 63.6 Å². The van der Waals surface area contributed by atoms with Gasteiger partial charge in [-0.3, -0.25) is 4.79 Å². The van der Waals surface area contributed by atoms with E-state index in [0.29, 0.717) is 0 Å². The molecule has 10 heavy (non-hydrogen) atoms. The summed E-state index contributed by atoms with van der Waals surface area (Å²) in [6.07, 6.45) is 0.819. The van der Waals surface area contributed by atoms with Gasteiger partial charge in [0.25, 0.3) is 0 Å². The normalized spacial score (nSPS) is 10.0. The first-order valence-corrected chi connectivity index (χ1v) is 3.13. The predicted octanol–water partition coefficient (Wildman–Crippen LogP) is 2.23. The van der Waals surface area contributed by atoms with E-state index in [1.165, 1.54) is 7.11 Å². The van der Waals surface area contributed by atoms with E-state index in [-0.39, 0.29) is 18.8 Å². The molecule has 0 bridgehead atoms. The minimum atomic E-state index is -0.311. The van der Waals surface area contributed by atoms with Crippen LogP contribution in [0.15, 0.2) is 0 Å². The van der Waals surface area contributed by atoms with E-state index in [4.69, 9.17) is 0 Å². The molecule has 0 rings (SSSR count). The molecule has 0 aromatic rings. The van der Waals surface area contributed by atoms with E-state index in [9.17, 15) is 4.79 Å². The van der Waals surface area contributed by atoms with Crippen LogP contribution in [0.1, 0.15) is 34.6 Å². The molecule has 0 aromatic carbocycles. The van der Waals surface area contributed by atoms with Crippen LogP contribution in [0.5, 0.6) is 0 Å². The Balaban J connectivity index is 0. The Morgan fingerprint density at radius 2 is 1.90 bits per heavy atom. The topological polar surface area (TPSA) is 26.3 Å². The average molecular weight is 146 g/mol. The molecule has 0 saturated heterocycles. The molecule has 0 aromatic heterocycles. The number of hydrogen-bond donors (Lipinski definition) is 0. The lowest BCUT2D eigenvalue weighted by Crippen LogP contribution is -2.24. The van der Waals surface area contributed by atoms with Crippen molar-refractivity contribution in [1.29, 1.82) is 0 Å². The lowest BCUT2D eigenvalue weighted by atomic mass is 9.91. The van der Waals surface area contributed by atoms with Crippen molar-refractivity contribution in [3.8, 4) is 0 Å². The third-order valence-corrected chi connectivity index (χ3v) is 1.62. The zero-order chi connectivity index (χ0) is 7.49. The summed E-state index contributed by atoms with van der Waals surface area (Å²) in [4.78, 5) is 10.8. The van der Waals surface area contributed by atoms with Crippen LogP contribution in [-0.4, -0.2) is 13.1 Å². The van der Waals surface area contributed by atoms with E-state index >= 15 is 0 Å². The molecule has 0 saturated carbocycles. The monoisotopic (exact) mass is 146 g/mol. The van der Waals surface area contributed by atoms with Gasteiger partial charge in [0.2, 0.25) is 0 Å². The molecule has 0 spiro atoms. The highest BCUT2D eigenvalue weighted by molar-refractivity contribution is 5.75. The quantitative estimate of drug-likeness (QED) is 0.558. The van der Waals surface area contributed by atoms with E-state index in [2.05, 4.69) is 4.74 Å². The summed E-state index contributed by atoms with van der Waals surface area (Å²) < 4.78 is 4.57. The van der Waals surface area contributed by atoms with E-state index in [1.54, 1.807) is 0 Å². The Morgan fingerprint density at radius 3 is 2.00 bits per heavy atom. The van der Waals surface area contributed by atoms with Crippen LogP contribution < -0.4 is 0 Å². The predicted molar refractivity (Wildman–Crippen MR) is 42.8 cm³/mol. The number of hydrogen-bond acceptors (Lipinski definition) is 2. The fraction of sp³-hybridized carbons (Fsp3) is 0.875. The van der Waals surface area contributed by atoms with Crippen molar-refractivity contribution >= 4 is 5.97 Å². The van der Waals surface area contributed by atoms with Crippen LogP contribution in [-0.2, 0) is 9.53 Å². The largest absolute Gasteiger partial charge is 0.469 e. The summed E-state index contributed by atoms with van der Waals surface area (Å²) in [5.41, 5.74) is -0.311. The molecule has 0 aliphatic carbocycles. The molecule has 0 atom stereocenters. The molecular weight excluding hydrogens is 128 g/mol. The second kappa shape index (κ2) is 4.31. The van der Waals surface area contributed by atoms with Gasteiger partial charge in [0.1, 0.15) is 0 Å². The lowest BCUT2D eigenvalue weighted by Gasteiger charge is -2.17. The van der Waals surface area contributed by atoms with Gasteiger partial charge in [-0.25, -0.2) is 0 Å². The van der Waals surface area contributed by atoms with Gasteiger partial charge in [0.15, 0.2) is 0 Å². The van der Waals surface area contributed by atoms with Gasteiger partial charge in [0.05, 0.1) is 12.5 Å². The summed E-state index contributed by atoms with van der Waals surface area (Å²) in [6, 6.07) is 0. The summed E-state index contributed by atoms with van der Waals surface area (Å²) >= 11 is 0. The van der Waals surface area contributed by atoms with Crippen LogP contribution in [0.25, 0.3) is 0 Å². The minimum absolute atomic E-state index is 0. The molecule has 0 heterocycles. The second-order valence-electron chi connectivity index (χ2n) is 2.73. The summed E-state index contributed by atoms with van der Waals surface area (Å²) in [7, 11) is 1.42. The van der Waals surface area contributed by atoms with Crippen molar-refractivity contribution in [1.82, 2.24) is 0 Å². The number of rotatable bonds is 2. The second-order valence-corrected chi connectivity index (χ2v) is 2.73. The van der Waals surface area contributed by atoms with Gasteiger partial charge in [0, 0.05) is 0 Å². The maximum absolute atomic E-state index is 10.8. The highest BCUT2D eigenvalue weighted by Crippen LogP contribution is 2.20. The molecule has 0 unspecified atom stereocenters. The van der Waals surface area contributed by atoms with Gasteiger partial charge in [-0.15, -0.1) is 0 Å². The maximum Gasteiger partial charge on any atom is 0.311 e. The molecule has 0 aliphatic heterocycles. The van der Waals surface area contributed by atoms with E-state index < -0.39 is 0 Å². The van der Waals surface area contributed by atoms with Crippen molar-refractivity contribution in [3.63, 3.8) is 0 Å². The zero-order valence-electron chi connectivity index (χ0n) is 6.52. The van der Waals surface area contributed by atoms with Gasteiger partial charge >= 0.3 is 5.97 Å². The molecular formula is C8H18O2. The van der Waals surface area contributed by atoms with E-state index in [1.807, 2.05) is 20.8 Å². The summed E-state index contributed by atoms with van der Waals surface area (Å²) in [6.45, 7) is 5.72. The molecule has 0 amide bonds. The maximum atomic E-state index is 10.8. The Morgan fingerprint density at radius 1 is 1.50 bits per heavy atom. The Bertz CT molecular complexity index is 106. The van der Waals surface area contributed by atoms with E-state index in [0.717, 1.165) is 6.42 Å². The number of esters is 1. The van der Waals surface area contributed by atoms with Crippen LogP contribution in [0.2, 0.25) is 0 Å². The molecule has 2 nitrogen and oxygen atoms in total. The number of carbonyl (C=O) groups is 1. The van der Waals surface area contributed by atoms with Gasteiger partial charge in [-0.05, 0) is 20.3 Å². The van der Waals surface area contributed by atoms with Crippen LogP contribution >= 0.6 is 0 Å². The van der Waals surface area contributed by atoms with Crippen molar-refractivity contribution in [2.45, 2.75) is 34.6 Å². The van der Waals surface area contributed by atoms with Gasteiger partial charge in [-0.1, -0.05) is 14.4 Å². The van der Waals surface area contributed by atoms with Crippen LogP contribution in [0, 0.1) is 5.41 Å². The standard InChI is InChI=1S/C7H14O2.CH4/c1-5-7(2,3)6(8)9-4;/h5H2,1-4H3;1H4. The fourth-order valence-corrected chi connectivity index (χ4v) is 0.421. The molecule has 0 aliphatic rings. The SMILES string of the molecule is C.CCC(C)(C)C(=O)OC. The fourth-order valence-electron chi connectivity index (χ4n) is 0.421. The Hall–Kier alpha value is -0.530. The number of ether oxygens (including phenoxy) is 1. The minimum Gasteiger partial charge on any atom is -0.469 e. The third-order valence-electron chi connectivity index (χ3n) is 1.62. The molecule has 0 N–H and O–H groups in total. The Kier molecular flexibility index (Phi) is 5.25. The van der Waals surface area contributed by atoms with Gasteiger partial charge < -0.3 is 4.74 Å².